The first-order valence-electron chi connectivity index (χ1n) is 7.78. The van der Waals surface area contributed by atoms with Gasteiger partial charge in [0.1, 0.15) is 11.2 Å². The lowest BCUT2D eigenvalue weighted by Crippen LogP contribution is -2.39. The third-order valence-electron chi connectivity index (χ3n) is 3.55. The van der Waals surface area contributed by atoms with Gasteiger partial charge in [-0.3, -0.25) is 9.59 Å². The molecule has 8 nitrogen and oxygen atoms in total. The van der Waals surface area contributed by atoms with E-state index in [0.717, 1.165) is 24.0 Å². The van der Waals surface area contributed by atoms with E-state index in [2.05, 4.69) is 15.6 Å². The third-order valence-corrected chi connectivity index (χ3v) is 4.86. The maximum atomic E-state index is 12.5. The van der Waals surface area contributed by atoms with Gasteiger partial charge in [0.05, 0.1) is 11.0 Å². The maximum absolute atomic E-state index is 12.5. The number of nitrogens with zero attached hydrogens (tertiary/aromatic N) is 3. The number of aromatic nitrogens is 1. The number of carbonyl (C=O) groups is 2. The minimum absolute atomic E-state index is 0.285. The Morgan fingerprint density at radius 3 is 2.96 bits per heavy atom. The number of nitrogens with one attached hydrogen (secondary N) is 2. The number of likely N-dealkylation sites (N-methyl/N-ethyl adjacent to an activating group) is 1. The average molecular weight is 361 g/mol. The van der Waals surface area contributed by atoms with E-state index < -0.39 is 17.3 Å². The highest BCUT2D eigenvalue weighted by Crippen LogP contribution is 2.38. The minimum atomic E-state index is -1.28. The van der Waals surface area contributed by atoms with Crippen molar-refractivity contribution in [3.63, 3.8) is 0 Å². The second-order valence-electron chi connectivity index (χ2n) is 5.16. The Morgan fingerprint density at radius 2 is 2.36 bits per heavy atom. The molecule has 2 atom stereocenters. The van der Waals surface area contributed by atoms with Crippen LogP contribution in [0.3, 0.4) is 0 Å². The van der Waals surface area contributed by atoms with Crippen LogP contribution in [0.5, 0.6) is 0 Å². The second-order valence-corrected chi connectivity index (χ2v) is 6.32. The zero-order valence-electron chi connectivity index (χ0n) is 13.9. The van der Waals surface area contributed by atoms with Gasteiger partial charge in [0, 0.05) is 37.2 Å². The maximum Gasteiger partial charge on any atom is 0.323 e. The van der Waals surface area contributed by atoms with Crippen molar-refractivity contribution in [1.82, 2.24) is 9.88 Å². The molecule has 25 heavy (non-hydrogen) atoms. The summed E-state index contributed by atoms with van der Waals surface area (Å²) in [5.41, 5.74) is 0.744. The molecule has 0 bridgehead atoms. The number of carboxylic acids is 1. The molecule has 1 aliphatic heterocycles. The second kappa shape index (κ2) is 8.39. The van der Waals surface area contributed by atoms with Crippen LogP contribution in [0.2, 0.25) is 0 Å². The summed E-state index contributed by atoms with van der Waals surface area (Å²) in [4.78, 5) is 29.6. The highest BCUT2D eigenvalue weighted by molar-refractivity contribution is 8.05. The molecule has 1 unspecified atom stereocenters. The largest absolute Gasteiger partial charge is 0.480 e. The Morgan fingerprint density at radius 1 is 1.60 bits per heavy atom. The van der Waals surface area contributed by atoms with Crippen molar-refractivity contribution in [2.45, 2.75) is 19.2 Å². The molecule has 3 N–H and O–H groups in total. The molecule has 1 aromatic rings. The van der Waals surface area contributed by atoms with E-state index in [1.165, 1.54) is 11.1 Å². The topological polar surface area (TPSA) is 118 Å². The number of amides is 1. The van der Waals surface area contributed by atoms with Crippen molar-refractivity contribution in [1.29, 1.82) is 5.26 Å². The van der Waals surface area contributed by atoms with Gasteiger partial charge in [-0.1, -0.05) is 11.8 Å². The van der Waals surface area contributed by atoms with Gasteiger partial charge in [-0.25, -0.2) is 4.98 Å². The number of hydrogen-bond acceptors (Lipinski definition) is 7. The number of anilines is 2. The summed E-state index contributed by atoms with van der Waals surface area (Å²) in [6.45, 7) is 4.79. The van der Waals surface area contributed by atoms with Crippen molar-refractivity contribution >= 4 is 35.1 Å². The summed E-state index contributed by atoms with van der Waals surface area (Å²) in [6.07, 6.45) is 3.18. The molecule has 2 rings (SSSR count). The van der Waals surface area contributed by atoms with Gasteiger partial charge in [0.2, 0.25) is 0 Å². The number of hydrogen-bond donors (Lipinski definition) is 3. The molecule has 0 saturated carbocycles. The van der Waals surface area contributed by atoms with E-state index in [9.17, 15) is 14.7 Å². The Balaban J connectivity index is 2.18. The SMILES string of the molecule is CCNc1cc(N/C=C2/SC([C@H](C#N)C(=O)O)N(CC)C2=O)ccn1. The molecule has 1 aliphatic rings. The average Bonchev–Trinajstić information content (AvgIpc) is 2.89. The lowest BCUT2D eigenvalue weighted by Gasteiger charge is -2.22. The van der Waals surface area contributed by atoms with Gasteiger partial charge in [-0.15, -0.1) is 0 Å². The molecule has 0 radical (unpaired) electrons. The van der Waals surface area contributed by atoms with Gasteiger partial charge in [-0.2, -0.15) is 5.26 Å². The molecule has 132 valence electrons. The van der Waals surface area contributed by atoms with Crippen LogP contribution in [-0.4, -0.2) is 45.3 Å². The number of rotatable bonds is 7. The molecule has 0 aliphatic carbocycles. The fourth-order valence-corrected chi connectivity index (χ4v) is 3.65. The first-order valence-corrected chi connectivity index (χ1v) is 8.66. The number of carbonyl (C=O) groups excluding carboxylic acids is 1. The standard InChI is InChI=1S/C16H19N5O3S/c1-3-18-13-7-10(5-6-19-13)20-9-12-14(22)21(4-2)15(25-12)11(8-17)16(23)24/h5-7,9,11,15H,3-4H2,1-2H3,(H,23,24)(H2,18,19,20)/b12-9+/t11-,15?/m0/s1. The molecule has 9 heteroatoms. The Bertz CT molecular complexity index is 731. The summed E-state index contributed by atoms with van der Waals surface area (Å²) in [5, 5.41) is 23.7. The van der Waals surface area contributed by atoms with Gasteiger partial charge >= 0.3 is 5.97 Å². The van der Waals surface area contributed by atoms with Crippen molar-refractivity contribution in [3.8, 4) is 6.07 Å². The van der Waals surface area contributed by atoms with E-state index in [4.69, 9.17) is 5.26 Å². The van der Waals surface area contributed by atoms with Crippen LogP contribution in [0.1, 0.15) is 13.8 Å². The van der Waals surface area contributed by atoms with E-state index in [1.807, 2.05) is 6.92 Å². The number of pyridine rings is 1. The smallest absolute Gasteiger partial charge is 0.323 e. The lowest BCUT2D eigenvalue weighted by molar-refractivity contribution is -0.141. The molecule has 0 aromatic carbocycles. The molecular weight excluding hydrogens is 342 g/mol. The van der Waals surface area contributed by atoms with Crippen LogP contribution in [0.4, 0.5) is 11.5 Å². The fraction of sp³-hybridized carbons (Fsp3) is 0.375. The van der Waals surface area contributed by atoms with Crippen molar-refractivity contribution in [3.05, 3.63) is 29.4 Å². The van der Waals surface area contributed by atoms with Crippen LogP contribution < -0.4 is 10.6 Å². The number of thioether (sulfide) groups is 1. The van der Waals surface area contributed by atoms with E-state index in [0.29, 0.717) is 17.3 Å². The quantitative estimate of drug-likeness (QED) is 0.630. The van der Waals surface area contributed by atoms with Crippen LogP contribution in [0, 0.1) is 17.2 Å². The molecule has 0 spiro atoms. The first-order chi connectivity index (χ1) is 12.0. The summed E-state index contributed by atoms with van der Waals surface area (Å²) in [5.74, 6) is -2.08. The lowest BCUT2D eigenvalue weighted by atomic mass is 10.1. The zero-order chi connectivity index (χ0) is 18.4. The Hall–Kier alpha value is -2.73. The summed E-state index contributed by atoms with van der Waals surface area (Å²) >= 11 is 1.09. The molecule has 1 amide bonds. The first kappa shape index (κ1) is 18.6. The zero-order valence-corrected chi connectivity index (χ0v) is 14.7. The van der Waals surface area contributed by atoms with E-state index in [-0.39, 0.29) is 5.91 Å². The van der Waals surface area contributed by atoms with E-state index in [1.54, 1.807) is 31.3 Å². The van der Waals surface area contributed by atoms with Crippen LogP contribution in [0.15, 0.2) is 29.4 Å². The predicted octanol–water partition coefficient (Wildman–Crippen LogP) is 1.91. The minimum Gasteiger partial charge on any atom is -0.480 e. The van der Waals surface area contributed by atoms with Gasteiger partial charge in [-0.05, 0) is 19.9 Å². The van der Waals surface area contributed by atoms with Crippen LogP contribution in [-0.2, 0) is 9.59 Å². The predicted molar refractivity (Wildman–Crippen MR) is 95.6 cm³/mol. The summed E-state index contributed by atoms with van der Waals surface area (Å²) < 4.78 is 0. The van der Waals surface area contributed by atoms with Gasteiger partial charge < -0.3 is 20.6 Å². The van der Waals surface area contributed by atoms with Crippen molar-refractivity contribution in [2.75, 3.05) is 23.7 Å². The third kappa shape index (κ3) is 4.22. The number of carboxylic acid groups (broad SMARTS) is 1. The monoisotopic (exact) mass is 361 g/mol. The molecule has 1 aromatic heterocycles. The summed E-state index contributed by atoms with van der Waals surface area (Å²) in [6, 6.07) is 5.32. The summed E-state index contributed by atoms with van der Waals surface area (Å²) in [7, 11) is 0. The molecule has 2 heterocycles. The fourth-order valence-electron chi connectivity index (χ4n) is 2.36. The normalized spacial score (nSPS) is 19.6. The van der Waals surface area contributed by atoms with Gasteiger partial charge in [0.15, 0.2) is 5.92 Å². The van der Waals surface area contributed by atoms with Crippen molar-refractivity contribution < 1.29 is 14.7 Å². The number of nitriles is 1. The highest BCUT2D eigenvalue weighted by atomic mass is 32.2. The molecular formula is C16H19N5O3S. The van der Waals surface area contributed by atoms with E-state index >= 15 is 0 Å². The van der Waals surface area contributed by atoms with Crippen molar-refractivity contribution in [2.24, 2.45) is 5.92 Å². The van der Waals surface area contributed by atoms with Crippen LogP contribution in [0.25, 0.3) is 0 Å². The van der Waals surface area contributed by atoms with Crippen LogP contribution >= 0.6 is 11.8 Å². The molecule has 1 saturated heterocycles. The Labute approximate surface area is 149 Å². The van der Waals surface area contributed by atoms with Gasteiger partial charge in [0.25, 0.3) is 5.91 Å². The highest BCUT2D eigenvalue weighted by Gasteiger charge is 2.43. The Kier molecular flexibility index (Phi) is 6.25. The molecule has 1 fully saturated rings. The number of aliphatic carboxylic acids is 1.